The summed E-state index contributed by atoms with van der Waals surface area (Å²) >= 11 is 0. The van der Waals surface area contributed by atoms with Crippen LogP contribution in [-0.4, -0.2) is 5.11 Å². The molecule has 0 aromatic heterocycles. The van der Waals surface area contributed by atoms with Gasteiger partial charge >= 0.3 is 0 Å². The molecule has 1 aromatic rings. The predicted octanol–water partition coefficient (Wildman–Crippen LogP) is 6.32. The monoisotopic (exact) mass is 290 g/mol. The van der Waals surface area contributed by atoms with Crippen molar-refractivity contribution in [2.75, 3.05) is 0 Å². The second-order valence-corrected chi connectivity index (χ2v) is 6.88. The number of unbranched alkanes of at least 4 members (excludes halogenated alkanes) is 2. The lowest BCUT2D eigenvalue weighted by Gasteiger charge is -2.25. The lowest BCUT2D eigenvalue weighted by Crippen LogP contribution is -2.08. The summed E-state index contributed by atoms with van der Waals surface area (Å²) in [6, 6.07) is 2.06. The molecule has 0 spiro atoms. The van der Waals surface area contributed by atoms with Gasteiger partial charge in [-0.3, -0.25) is 0 Å². The molecule has 0 unspecified atom stereocenters. The van der Waals surface area contributed by atoms with E-state index in [0.29, 0.717) is 17.6 Å². The molecule has 0 bridgehead atoms. The Hall–Kier alpha value is -0.980. The highest BCUT2D eigenvalue weighted by molar-refractivity contribution is 5.52. The van der Waals surface area contributed by atoms with Gasteiger partial charge in [0.2, 0.25) is 0 Å². The van der Waals surface area contributed by atoms with E-state index in [1.165, 1.54) is 47.9 Å². The fourth-order valence-corrected chi connectivity index (χ4v) is 3.31. The normalized spacial score (nSPS) is 11.6. The average Bonchev–Trinajstić information content (AvgIpc) is 2.42. The van der Waals surface area contributed by atoms with Crippen LogP contribution in [0, 0.1) is 0 Å². The molecule has 0 aliphatic carbocycles. The maximum atomic E-state index is 10.5. The first kappa shape index (κ1) is 18.1. The number of phenols is 1. The number of phenolic OH excluding ortho intramolecular Hbond substituents is 1. The molecular weight excluding hydrogens is 256 g/mol. The van der Waals surface area contributed by atoms with Crippen LogP contribution in [0.15, 0.2) is 6.07 Å². The third-order valence-corrected chi connectivity index (χ3v) is 4.32. The lowest BCUT2D eigenvalue weighted by molar-refractivity contribution is 0.460. The quantitative estimate of drug-likeness (QED) is 0.593. The summed E-state index contributed by atoms with van der Waals surface area (Å²) in [6.45, 7) is 13.4. The van der Waals surface area contributed by atoms with Gasteiger partial charge in [0.1, 0.15) is 5.75 Å². The molecule has 120 valence electrons. The van der Waals surface area contributed by atoms with Gasteiger partial charge < -0.3 is 5.11 Å². The van der Waals surface area contributed by atoms with Gasteiger partial charge in [-0.1, -0.05) is 54.4 Å². The van der Waals surface area contributed by atoms with Crippen LogP contribution < -0.4 is 0 Å². The van der Waals surface area contributed by atoms with Gasteiger partial charge in [-0.15, -0.1) is 0 Å². The SMILES string of the molecule is CCCCc1cc(O)c(C(C)C)c(C(C)C)c1CCCC. The zero-order valence-electron chi connectivity index (χ0n) is 14.9. The molecule has 0 atom stereocenters. The van der Waals surface area contributed by atoms with E-state index in [0.717, 1.165) is 12.8 Å². The molecule has 0 saturated heterocycles. The van der Waals surface area contributed by atoms with Gasteiger partial charge in [0.25, 0.3) is 0 Å². The third-order valence-electron chi connectivity index (χ3n) is 4.32. The van der Waals surface area contributed by atoms with Crippen molar-refractivity contribution in [1.29, 1.82) is 0 Å². The summed E-state index contributed by atoms with van der Waals surface area (Å²) in [6.07, 6.45) is 7.13. The Morgan fingerprint density at radius 1 is 0.857 bits per heavy atom. The van der Waals surface area contributed by atoms with Crippen LogP contribution in [-0.2, 0) is 12.8 Å². The van der Waals surface area contributed by atoms with E-state index < -0.39 is 0 Å². The Bertz CT molecular complexity index is 444. The molecule has 1 aromatic carbocycles. The predicted molar refractivity (Wildman–Crippen MR) is 93.5 cm³/mol. The van der Waals surface area contributed by atoms with Crippen molar-refractivity contribution in [2.45, 2.75) is 91.9 Å². The molecule has 0 fully saturated rings. The highest BCUT2D eigenvalue weighted by Crippen LogP contribution is 2.39. The Morgan fingerprint density at radius 3 is 1.86 bits per heavy atom. The molecule has 1 nitrogen and oxygen atoms in total. The number of aryl methyl sites for hydroxylation is 1. The van der Waals surface area contributed by atoms with Crippen molar-refractivity contribution < 1.29 is 5.11 Å². The second-order valence-electron chi connectivity index (χ2n) is 6.88. The van der Waals surface area contributed by atoms with Gasteiger partial charge in [-0.05, 0) is 60.3 Å². The van der Waals surface area contributed by atoms with E-state index in [2.05, 4.69) is 47.6 Å². The number of hydrogen-bond acceptors (Lipinski definition) is 1. The summed E-state index contributed by atoms with van der Waals surface area (Å²) in [5.74, 6) is 1.37. The summed E-state index contributed by atoms with van der Waals surface area (Å²) < 4.78 is 0. The first-order valence-corrected chi connectivity index (χ1v) is 8.81. The van der Waals surface area contributed by atoms with Gasteiger partial charge in [0, 0.05) is 5.56 Å². The zero-order valence-corrected chi connectivity index (χ0v) is 14.9. The minimum atomic E-state index is 0.378. The molecule has 1 rings (SSSR count). The average molecular weight is 290 g/mol. The fourth-order valence-electron chi connectivity index (χ4n) is 3.31. The number of benzene rings is 1. The molecule has 0 radical (unpaired) electrons. The highest BCUT2D eigenvalue weighted by Gasteiger charge is 2.21. The number of rotatable bonds is 8. The van der Waals surface area contributed by atoms with Crippen LogP contribution in [0.25, 0.3) is 0 Å². The molecule has 0 saturated carbocycles. The number of aromatic hydroxyl groups is 1. The lowest BCUT2D eigenvalue weighted by atomic mass is 9.81. The minimum Gasteiger partial charge on any atom is -0.508 e. The molecule has 0 amide bonds. The van der Waals surface area contributed by atoms with Crippen molar-refractivity contribution in [3.63, 3.8) is 0 Å². The maximum absolute atomic E-state index is 10.5. The van der Waals surface area contributed by atoms with Crippen LogP contribution in [0.5, 0.6) is 5.75 Å². The van der Waals surface area contributed by atoms with Crippen LogP contribution in [0.3, 0.4) is 0 Å². The van der Waals surface area contributed by atoms with E-state index in [-0.39, 0.29) is 0 Å². The van der Waals surface area contributed by atoms with E-state index in [1.807, 2.05) is 0 Å². The second kappa shape index (κ2) is 8.46. The van der Waals surface area contributed by atoms with E-state index in [4.69, 9.17) is 0 Å². The number of hydrogen-bond donors (Lipinski definition) is 1. The standard InChI is InChI=1S/C20H34O/c1-7-9-11-16-13-18(21)20(15(5)6)19(14(3)4)17(16)12-10-8-2/h13-15,21H,7-12H2,1-6H3. The molecule has 21 heavy (non-hydrogen) atoms. The summed E-state index contributed by atoms with van der Waals surface area (Å²) in [7, 11) is 0. The Balaban J connectivity index is 3.44. The molecule has 1 heteroatoms. The molecule has 1 N–H and O–H groups in total. The fraction of sp³-hybridized carbons (Fsp3) is 0.700. The maximum Gasteiger partial charge on any atom is 0.119 e. The van der Waals surface area contributed by atoms with E-state index in [1.54, 1.807) is 0 Å². The zero-order chi connectivity index (χ0) is 16.0. The smallest absolute Gasteiger partial charge is 0.119 e. The molecule has 0 aliphatic heterocycles. The Kier molecular flexibility index (Phi) is 7.28. The van der Waals surface area contributed by atoms with Crippen LogP contribution in [0.2, 0.25) is 0 Å². The summed E-state index contributed by atoms with van der Waals surface area (Å²) in [5, 5.41) is 10.5. The Labute approximate surface area is 131 Å². The van der Waals surface area contributed by atoms with Crippen LogP contribution >= 0.6 is 0 Å². The van der Waals surface area contributed by atoms with Crippen molar-refractivity contribution in [2.24, 2.45) is 0 Å². The minimum absolute atomic E-state index is 0.378. The largest absolute Gasteiger partial charge is 0.508 e. The van der Waals surface area contributed by atoms with Gasteiger partial charge in [0.15, 0.2) is 0 Å². The van der Waals surface area contributed by atoms with Gasteiger partial charge in [-0.2, -0.15) is 0 Å². The molecule has 0 aliphatic rings. The van der Waals surface area contributed by atoms with Crippen molar-refractivity contribution in [1.82, 2.24) is 0 Å². The van der Waals surface area contributed by atoms with Crippen molar-refractivity contribution in [3.8, 4) is 5.75 Å². The summed E-state index contributed by atoms with van der Waals surface area (Å²) in [5.41, 5.74) is 5.51. The first-order chi connectivity index (χ1) is 9.93. The van der Waals surface area contributed by atoms with Crippen molar-refractivity contribution in [3.05, 3.63) is 28.3 Å². The first-order valence-electron chi connectivity index (χ1n) is 8.81. The molecule has 0 heterocycles. The van der Waals surface area contributed by atoms with Crippen molar-refractivity contribution >= 4 is 0 Å². The Morgan fingerprint density at radius 2 is 1.38 bits per heavy atom. The van der Waals surface area contributed by atoms with Crippen LogP contribution in [0.4, 0.5) is 0 Å². The van der Waals surface area contributed by atoms with E-state index >= 15 is 0 Å². The van der Waals surface area contributed by atoms with Gasteiger partial charge in [-0.25, -0.2) is 0 Å². The highest BCUT2D eigenvalue weighted by atomic mass is 16.3. The third kappa shape index (κ3) is 4.49. The van der Waals surface area contributed by atoms with Gasteiger partial charge in [0.05, 0.1) is 0 Å². The summed E-state index contributed by atoms with van der Waals surface area (Å²) in [4.78, 5) is 0. The van der Waals surface area contributed by atoms with E-state index in [9.17, 15) is 5.11 Å². The topological polar surface area (TPSA) is 20.2 Å². The van der Waals surface area contributed by atoms with Crippen LogP contribution in [0.1, 0.15) is 101 Å². The molecular formula is C20H34O.